The fraction of sp³-hybridized carbons (Fsp3) is 0.250. The number of methoxy groups -OCH3 is 1. The van der Waals surface area contributed by atoms with Gasteiger partial charge in [-0.3, -0.25) is 0 Å². The molecule has 0 spiro atoms. The molecule has 2 aromatic carbocycles. The Bertz CT molecular complexity index is 655. The minimum atomic E-state index is -0.473. The van der Waals surface area contributed by atoms with Crippen LogP contribution in [-0.2, 0) is 0 Å². The number of hydrogen-bond donors (Lipinski definition) is 1. The smallest absolute Gasteiger partial charge is 0.119 e. The Morgan fingerprint density at radius 3 is 2.55 bits per heavy atom. The van der Waals surface area contributed by atoms with Crippen molar-refractivity contribution in [3.05, 3.63) is 63.1 Å². The third-order valence-corrected chi connectivity index (χ3v) is 4.57. The standard InChI is InChI=1S/C16H14Cl2O2/c1-20-10-3-4-11-12(8-16(19)13(11)7-10)9-2-5-14(17)15(18)6-9/h2-7,12,16,19H,8H2,1H3/t12-,16+/m1/s1. The van der Waals surface area contributed by atoms with Crippen molar-refractivity contribution in [1.82, 2.24) is 0 Å². The van der Waals surface area contributed by atoms with Crippen LogP contribution in [0.15, 0.2) is 36.4 Å². The third kappa shape index (κ3) is 2.28. The van der Waals surface area contributed by atoms with Crippen molar-refractivity contribution in [1.29, 1.82) is 0 Å². The molecular weight excluding hydrogens is 295 g/mol. The van der Waals surface area contributed by atoms with Gasteiger partial charge < -0.3 is 9.84 Å². The Morgan fingerprint density at radius 2 is 1.85 bits per heavy atom. The van der Waals surface area contributed by atoms with Gasteiger partial charge in [0.1, 0.15) is 5.75 Å². The molecule has 4 heteroatoms. The zero-order valence-corrected chi connectivity index (χ0v) is 12.4. The Balaban J connectivity index is 2.04. The Morgan fingerprint density at radius 1 is 1.05 bits per heavy atom. The first-order valence-electron chi connectivity index (χ1n) is 6.41. The normalized spacial score (nSPS) is 20.8. The second kappa shape index (κ2) is 5.28. The van der Waals surface area contributed by atoms with Crippen LogP contribution in [0.25, 0.3) is 0 Å². The van der Waals surface area contributed by atoms with E-state index in [-0.39, 0.29) is 5.92 Å². The van der Waals surface area contributed by atoms with Crippen LogP contribution in [0, 0.1) is 0 Å². The number of aliphatic hydroxyl groups is 1. The van der Waals surface area contributed by atoms with E-state index in [1.165, 1.54) is 0 Å². The van der Waals surface area contributed by atoms with Gasteiger partial charge in [-0.25, -0.2) is 0 Å². The highest BCUT2D eigenvalue weighted by Gasteiger charge is 2.31. The largest absolute Gasteiger partial charge is 0.497 e. The van der Waals surface area contributed by atoms with E-state index in [4.69, 9.17) is 27.9 Å². The summed E-state index contributed by atoms with van der Waals surface area (Å²) >= 11 is 12.0. The molecule has 0 saturated heterocycles. The molecule has 2 nitrogen and oxygen atoms in total. The SMILES string of the molecule is COc1ccc2c(c1)[C@@H](O)C[C@@H]2c1ccc(Cl)c(Cl)c1. The molecule has 0 aliphatic heterocycles. The topological polar surface area (TPSA) is 29.5 Å². The predicted molar refractivity (Wildman–Crippen MR) is 80.9 cm³/mol. The van der Waals surface area contributed by atoms with Gasteiger partial charge in [0, 0.05) is 5.92 Å². The molecule has 0 fully saturated rings. The highest BCUT2D eigenvalue weighted by molar-refractivity contribution is 6.42. The van der Waals surface area contributed by atoms with Crippen LogP contribution in [0.3, 0.4) is 0 Å². The monoisotopic (exact) mass is 308 g/mol. The van der Waals surface area contributed by atoms with Gasteiger partial charge in [-0.15, -0.1) is 0 Å². The van der Waals surface area contributed by atoms with E-state index in [0.717, 1.165) is 22.4 Å². The number of rotatable bonds is 2. The molecule has 0 heterocycles. The van der Waals surface area contributed by atoms with Crippen molar-refractivity contribution in [3.8, 4) is 5.75 Å². The molecule has 1 N–H and O–H groups in total. The van der Waals surface area contributed by atoms with Gasteiger partial charge >= 0.3 is 0 Å². The zero-order chi connectivity index (χ0) is 14.3. The molecule has 0 saturated carbocycles. The first kappa shape index (κ1) is 13.7. The maximum atomic E-state index is 10.2. The highest BCUT2D eigenvalue weighted by Crippen LogP contribution is 2.45. The molecule has 0 amide bonds. The summed E-state index contributed by atoms with van der Waals surface area (Å²) in [6.07, 6.45) is 0.181. The molecule has 2 aromatic rings. The quantitative estimate of drug-likeness (QED) is 0.880. The molecule has 0 radical (unpaired) electrons. The molecule has 0 bridgehead atoms. The summed E-state index contributed by atoms with van der Waals surface area (Å²) in [4.78, 5) is 0. The Kier molecular flexibility index (Phi) is 3.63. The second-order valence-corrected chi connectivity index (χ2v) is 5.79. The summed E-state index contributed by atoms with van der Waals surface area (Å²) in [5.74, 6) is 0.901. The van der Waals surface area contributed by atoms with E-state index in [9.17, 15) is 5.11 Å². The van der Waals surface area contributed by atoms with Crippen LogP contribution in [0.2, 0.25) is 10.0 Å². The molecule has 0 unspecified atom stereocenters. The molecular formula is C16H14Cl2O2. The van der Waals surface area contributed by atoms with Crippen LogP contribution in [-0.4, -0.2) is 12.2 Å². The van der Waals surface area contributed by atoms with E-state index < -0.39 is 6.10 Å². The van der Waals surface area contributed by atoms with Crippen molar-refractivity contribution in [2.45, 2.75) is 18.4 Å². The van der Waals surface area contributed by atoms with Crippen molar-refractivity contribution in [3.63, 3.8) is 0 Å². The molecule has 104 valence electrons. The van der Waals surface area contributed by atoms with E-state index in [1.807, 2.05) is 30.3 Å². The van der Waals surface area contributed by atoms with Gasteiger partial charge in [0.05, 0.1) is 23.3 Å². The lowest BCUT2D eigenvalue weighted by molar-refractivity contribution is 0.176. The number of ether oxygens (including phenoxy) is 1. The zero-order valence-electron chi connectivity index (χ0n) is 10.9. The van der Waals surface area contributed by atoms with Crippen molar-refractivity contribution in [2.24, 2.45) is 0 Å². The fourth-order valence-corrected chi connectivity index (χ4v) is 3.11. The molecule has 1 aliphatic rings. The van der Waals surface area contributed by atoms with E-state index in [1.54, 1.807) is 13.2 Å². The molecule has 0 aromatic heterocycles. The lowest BCUT2D eigenvalue weighted by atomic mass is 9.93. The Hall–Kier alpha value is -1.22. The summed E-state index contributed by atoms with van der Waals surface area (Å²) in [5, 5.41) is 11.3. The van der Waals surface area contributed by atoms with Gasteiger partial charge in [0.25, 0.3) is 0 Å². The van der Waals surface area contributed by atoms with Gasteiger partial charge in [-0.2, -0.15) is 0 Å². The summed E-state index contributed by atoms with van der Waals surface area (Å²) in [7, 11) is 1.62. The van der Waals surface area contributed by atoms with Crippen LogP contribution < -0.4 is 4.74 Å². The predicted octanol–water partition coefficient (Wildman–Crippen LogP) is 4.57. The molecule has 1 aliphatic carbocycles. The first-order valence-corrected chi connectivity index (χ1v) is 7.16. The van der Waals surface area contributed by atoms with E-state index in [0.29, 0.717) is 16.5 Å². The minimum Gasteiger partial charge on any atom is -0.497 e. The highest BCUT2D eigenvalue weighted by atomic mass is 35.5. The van der Waals surface area contributed by atoms with Gasteiger partial charge in [0.2, 0.25) is 0 Å². The molecule has 3 rings (SSSR count). The average Bonchev–Trinajstić information content (AvgIpc) is 2.79. The summed E-state index contributed by atoms with van der Waals surface area (Å²) in [6, 6.07) is 11.5. The van der Waals surface area contributed by atoms with Crippen LogP contribution >= 0.6 is 23.2 Å². The van der Waals surface area contributed by atoms with Gasteiger partial charge in [-0.05, 0) is 47.4 Å². The number of aliphatic hydroxyl groups excluding tert-OH is 1. The van der Waals surface area contributed by atoms with Gasteiger partial charge in [-0.1, -0.05) is 35.3 Å². The maximum absolute atomic E-state index is 10.2. The number of fused-ring (bicyclic) bond motifs is 1. The van der Waals surface area contributed by atoms with Crippen LogP contribution in [0.1, 0.15) is 35.1 Å². The Labute approximate surface area is 127 Å². The molecule has 2 atom stereocenters. The van der Waals surface area contributed by atoms with Crippen LogP contribution in [0.5, 0.6) is 5.75 Å². The fourth-order valence-electron chi connectivity index (χ4n) is 2.81. The first-order chi connectivity index (χ1) is 9.60. The minimum absolute atomic E-state index is 0.140. The second-order valence-electron chi connectivity index (χ2n) is 4.97. The summed E-state index contributed by atoms with van der Waals surface area (Å²) in [6.45, 7) is 0. The van der Waals surface area contributed by atoms with Crippen molar-refractivity contribution in [2.75, 3.05) is 7.11 Å². The molecule has 20 heavy (non-hydrogen) atoms. The van der Waals surface area contributed by atoms with Crippen molar-refractivity contribution >= 4 is 23.2 Å². The maximum Gasteiger partial charge on any atom is 0.119 e. The summed E-state index contributed by atoms with van der Waals surface area (Å²) in [5.41, 5.74) is 3.12. The van der Waals surface area contributed by atoms with E-state index in [2.05, 4.69) is 0 Å². The number of benzene rings is 2. The number of halogens is 2. The van der Waals surface area contributed by atoms with Crippen LogP contribution in [0.4, 0.5) is 0 Å². The number of hydrogen-bond acceptors (Lipinski definition) is 2. The lowest BCUT2D eigenvalue weighted by Crippen LogP contribution is -1.96. The third-order valence-electron chi connectivity index (χ3n) is 3.83. The average molecular weight is 309 g/mol. The van der Waals surface area contributed by atoms with E-state index >= 15 is 0 Å². The lowest BCUT2D eigenvalue weighted by Gasteiger charge is -2.13. The summed E-state index contributed by atoms with van der Waals surface area (Å²) < 4.78 is 5.21. The van der Waals surface area contributed by atoms with Crippen molar-refractivity contribution < 1.29 is 9.84 Å². The van der Waals surface area contributed by atoms with Gasteiger partial charge in [0.15, 0.2) is 0 Å².